The van der Waals surface area contributed by atoms with Crippen LogP contribution in [-0.2, 0) is 16.4 Å². The molecule has 9 heteroatoms. The number of nitrogens with zero attached hydrogens (tertiary/aromatic N) is 3. The number of hydrogen-bond donors (Lipinski definition) is 1. The van der Waals surface area contributed by atoms with Crippen LogP contribution in [-0.4, -0.2) is 63.6 Å². The number of sulfonamides is 1. The lowest BCUT2D eigenvalue weighted by atomic mass is 10.1. The van der Waals surface area contributed by atoms with Crippen molar-refractivity contribution in [3.05, 3.63) is 95.3 Å². The van der Waals surface area contributed by atoms with Gasteiger partial charge in [-0.1, -0.05) is 54.6 Å². The summed E-state index contributed by atoms with van der Waals surface area (Å²) in [7, 11) is -4.16. The Kier molecular flexibility index (Phi) is 8.70. The van der Waals surface area contributed by atoms with Crippen molar-refractivity contribution >= 4 is 40.1 Å². The van der Waals surface area contributed by atoms with Crippen LogP contribution in [0.15, 0.2) is 82.7 Å². The van der Waals surface area contributed by atoms with Crippen LogP contribution in [0.4, 0.5) is 15.8 Å². The Labute approximate surface area is 223 Å². The number of para-hydroxylation sites is 1. The molecule has 0 radical (unpaired) electrons. The largest absolute Gasteiger partial charge is 0.336 e. The van der Waals surface area contributed by atoms with Crippen LogP contribution in [0, 0.1) is 5.82 Å². The van der Waals surface area contributed by atoms with Gasteiger partial charge >= 0.3 is 0 Å². The van der Waals surface area contributed by atoms with E-state index in [0.717, 1.165) is 32.1 Å². The van der Waals surface area contributed by atoms with Gasteiger partial charge in [-0.25, -0.2) is 12.8 Å². The molecule has 0 atom stereocenters. The summed E-state index contributed by atoms with van der Waals surface area (Å²) in [6.45, 7) is 8.77. The standard InChI is InChI=1S/C29H31FN4O3S/c1-3-8-23-11-7-12-27(28(23)31-2)38(36,37)32-26-14-13-24(21-25(26)30)29(35)34-19-17-33(18-20-34)16-15-22-9-5-4-6-10-22/h3-14,21,32H,2,15-20H2,1H3/b8-3-. The van der Waals surface area contributed by atoms with E-state index in [1.807, 2.05) is 18.2 Å². The SMILES string of the molecule is C=Nc1c(/C=C\C)cccc1S(=O)(=O)Nc1ccc(C(=O)N2CCN(CCc3ccccc3)CC2)cc1F. The fraction of sp³-hybridized carbons (Fsp3) is 0.241. The molecule has 4 rings (SSSR count). The first-order chi connectivity index (χ1) is 18.3. The van der Waals surface area contributed by atoms with Crippen molar-refractivity contribution < 1.29 is 17.6 Å². The zero-order valence-corrected chi connectivity index (χ0v) is 22.1. The Morgan fingerprint density at radius 1 is 1.05 bits per heavy atom. The summed E-state index contributed by atoms with van der Waals surface area (Å²) in [6, 6.07) is 18.7. The number of amides is 1. The first-order valence-electron chi connectivity index (χ1n) is 12.4. The lowest BCUT2D eigenvalue weighted by Crippen LogP contribution is -2.49. The minimum absolute atomic E-state index is 0.118. The number of benzene rings is 3. The molecular formula is C29H31FN4O3S. The van der Waals surface area contributed by atoms with Crippen LogP contribution in [0.2, 0.25) is 0 Å². The molecule has 1 aliphatic heterocycles. The molecule has 1 aliphatic rings. The van der Waals surface area contributed by atoms with Crippen molar-refractivity contribution in [3.63, 3.8) is 0 Å². The van der Waals surface area contributed by atoms with Gasteiger partial charge in [0.25, 0.3) is 15.9 Å². The van der Waals surface area contributed by atoms with E-state index in [1.54, 1.807) is 36.1 Å². The molecule has 1 N–H and O–H groups in total. The van der Waals surface area contributed by atoms with Gasteiger partial charge in [0.15, 0.2) is 0 Å². The molecule has 0 aromatic heterocycles. The number of hydrogen-bond acceptors (Lipinski definition) is 5. The maximum Gasteiger partial charge on any atom is 0.264 e. The van der Waals surface area contributed by atoms with Crippen molar-refractivity contribution in [1.82, 2.24) is 9.80 Å². The number of anilines is 1. The Balaban J connectivity index is 1.40. The highest BCUT2D eigenvalue weighted by atomic mass is 32.2. The lowest BCUT2D eigenvalue weighted by Gasteiger charge is -2.34. The fourth-order valence-corrected chi connectivity index (χ4v) is 5.72. The summed E-state index contributed by atoms with van der Waals surface area (Å²) < 4.78 is 43.4. The number of nitrogens with one attached hydrogen (secondary N) is 1. The van der Waals surface area contributed by atoms with E-state index in [9.17, 15) is 17.6 Å². The second kappa shape index (κ2) is 12.1. The summed E-state index contributed by atoms with van der Waals surface area (Å²) in [5.41, 5.74) is 1.95. The number of carbonyl (C=O) groups is 1. The molecule has 198 valence electrons. The molecule has 1 saturated heterocycles. The molecule has 38 heavy (non-hydrogen) atoms. The number of halogens is 1. The maximum absolute atomic E-state index is 15.0. The highest BCUT2D eigenvalue weighted by molar-refractivity contribution is 7.92. The van der Waals surface area contributed by atoms with Crippen molar-refractivity contribution in [2.24, 2.45) is 4.99 Å². The number of rotatable bonds is 9. The van der Waals surface area contributed by atoms with Crippen molar-refractivity contribution in [3.8, 4) is 0 Å². The number of piperazine rings is 1. The minimum atomic E-state index is -4.16. The summed E-state index contributed by atoms with van der Waals surface area (Å²) in [6.07, 6.45) is 4.42. The summed E-state index contributed by atoms with van der Waals surface area (Å²) in [5, 5.41) is 0. The highest BCUT2D eigenvalue weighted by Gasteiger charge is 2.25. The van der Waals surface area contributed by atoms with Crippen LogP contribution in [0.5, 0.6) is 0 Å². The third-order valence-corrected chi connectivity index (χ3v) is 7.90. The average molecular weight is 535 g/mol. The van der Waals surface area contributed by atoms with E-state index >= 15 is 0 Å². The Bertz CT molecular complexity index is 1430. The van der Waals surface area contributed by atoms with Gasteiger partial charge in [-0.05, 0) is 49.9 Å². The number of allylic oxidation sites excluding steroid dienone is 1. The van der Waals surface area contributed by atoms with Crippen LogP contribution in [0.1, 0.15) is 28.4 Å². The first-order valence-corrected chi connectivity index (χ1v) is 13.9. The van der Waals surface area contributed by atoms with E-state index in [-0.39, 0.29) is 27.7 Å². The van der Waals surface area contributed by atoms with E-state index < -0.39 is 15.8 Å². The van der Waals surface area contributed by atoms with Crippen LogP contribution in [0.25, 0.3) is 6.08 Å². The third kappa shape index (κ3) is 6.35. The molecular weight excluding hydrogens is 503 g/mol. The zero-order chi connectivity index (χ0) is 27.1. The predicted molar refractivity (Wildman–Crippen MR) is 150 cm³/mol. The molecule has 0 spiro atoms. The van der Waals surface area contributed by atoms with Crippen molar-refractivity contribution in [2.75, 3.05) is 37.4 Å². The number of carbonyl (C=O) groups excluding carboxylic acids is 1. The highest BCUT2D eigenvalue weighted by Crippen LogP contribution is 2.31. The third-order valence-electron chi connectivity index (χ3n) is 6.50. The zero-order valence-electron chi connectivity index (χ0n) is 21.3. The maximum atomic E-state index is 15.0. The lowest BCUT2D eigenvalue weighted by molar-refractivity contribution is 0.0638. The van der Waals surface area contributed by atoms with Crippen LogP contribution >= 0.6 is 0 Å². The van der Waals surface area contributed by atoms with E-state index in [4.69, 9.17) is 0 Å². The second-order valence-corrected chi connectivity index (χ2v) is 10.7. The minimum Gasteiger partial charge on any atom is -0.336 e. The van der Waals surface area contributed by atoms with Crippen molar-refractivity contribution in [1.29, 1.82) is 0 Å². The Morgan fingerprint density at radius 3 is 2.45 bits per heavy atom. The Hall–Kier alpha value is -3.82. The van der Waals surface area contributed by atoms with Gasteiger partial charge in [-0.3, -0.25) is 19.4 Å². The molecule has 0 bridgehead atoms. The fourth-order valence-electron chi connectivity index (χ4n) is 4.46. The smallest absolute Gasteiger partial charge is 0.264 e. The van der Waals surface area contributed by atoms with E-state index in [2.05, 4.69) is 33.5 Å². The molecule has 0 unspecified atom stereocenters. The Morgan fingerprint density at radius 2 is 1.79 bits per heavy atom. The molecule has 7 nitrogen and oxygen atoms in total. The van der Waals surface area contributed by atoms with Gasteiger partial charge in [0, 0.05) is 43.9 Å². The molecule has 1 fully saturated rings. The van der Waals surface area contributed by atoms with Gasteiger partial charge in [0.05, 0.1) is 11.4 Å². The average Bonchev–Trinajstić information content (AvgIpc) is 2.93. The number of aliphatic imine (C=N–C) groups is 1. The van der Waals surface area contributed by atoms with Gasteiger partial charge < -0.3 is 4.90 Å². The molecule has 3 aromatic carbocycles. The second-order valence-electron chi connectivity index (χ2n) is 9.02. The molecule has 1 heterocycles. The van der Waals surface area contributed by atoms with Gasteiger partial charge in [-0.2, -0.15) is 0 Å². The quantitative estimate of drug-likeness (QED) is 0.392. The molecule has 0 aliphatic carbocycles. The normalized spacial score (nSPS) is 14.5. The monoisotopic (exact) mass is 534 g/mol. The topological polar surface area (TPSA) is 82.1 Å². The van der Waals surface area contributed by atoms with Gasteiger partial charge in [0.1, 0.15) is 10.7 Å². The summed E-state index contributed by atoms with van der Waals surface area (Å²) >= 11 is 0. The summed E-state index contributed by atoms with van der Waals surface area (Å²) in [5.74, 6) is -1.11. The van der Waals surface area contributed by atoms with Gasteiger partial charge in [0.2, 0.25) is 0 Å². The van der Waals surface area contributed by atoms with Gasteiger partial charge in [-0.15, -0.1) is 0 Å². The summed E-state index contributed by atoms with van der Waals surface area (Å²) in [4.78, 5) is 20.8. The van der Waals surface area contributed by atoms with Crippen LogP contribution in [0.3, 0.4) is 0 Å². The van der Waals surface area contributed by atoms with E-state index in [0.29, 0.717) is 18.7 Å². The molecule has 1 amide bonds. The first kappa shape index (κ1) is 27.2. The molecule has 0 saturated carbocycles. The van der Waals surface area contributed by atoms with Crippen LogP contribution < -0.4 is 4.72 Å². The predicted octanol–water partition coefficient (Wildman–Crippen LogP) is 4.99. The van der Waals surface area contributed by atoms with E-state index in [1.165, 1.54) is 23.8 Å². The molecule has 3 aromatic rings. The van der Waals surface area contributed by atoms with Crippen molar-refractivity contribution in [2.45, 2.75) is 18.2 Å².